The summed E-state index contributed by atoms with van der Waals surface area (Å²) in [5.74, 6) is 0.571. The Labute approximate surface area is 149 Å². The summed E-state index contributed by atoms with van der Waals surface area (Å²) in [6.45, 7) is 2.01. The molecule has 0 unspecified atom stereocenters. The number of H-pyrrole nitrogens is 1. The molecule has 0 saturated heterocycles. The van der Waals surface area contributed by atoms with E-state index in [4.69, 9.17) is 11.1 Å². The lowest BCUT2D eigenvalue weighted by Crippen LogP contribution is -2.10. The first-order chi connectivity index (χ1) is 12.4. The Morgan fingerprint density at radius 1 is 1.19 bits per heavy atom. The highest BCUT2D eigenvalue weighted by Gasteiger charge is 2.21. The molecule has 7 nitrogen and oxygen atoms in total. The maximum atomic E-state index is 10.8. The summed E-state index contributed by atoms with van der Waals surface area (Å²) in [5, 5.41) is 22.8. The van der Waals surface area contributed by atoms with Gasteiger partial charge in [0, 0.05) is 18.2 Å². The number of amidine groups is 1. The lowest BCUT2D eigenvalue weighted by molar-refractivity contribution is 0.478. The van der Waals surface area contributed by atoms with Crippen LogP contribution in [0.4, 0.5) is 0 Å². The number of hydrogen-bond acceptors (Lipinski definition) is 4. The van der Waals surface area contributed by atoms with E-state index in [-0.39, 0.29) is 11.6 Å². The van der Waals surface area contributed by atoms with E-state index >= 15 is 0 Å². The molecule has 2 aromatic carbocycles. The number of aromatic nitrogens is 4. The number of aromatic hydroxyl groups is 1. The van der Waals surface area contributed by atoms with E-state index in [1.807, 2.05) is 31.2 Å². The van der Waals surface area contributed by atoms with Crippen molar-refractivity contribution in [1.29, 1.82) is 5.41 Å². The molecule has 0 aliphatic heterocycles. The van der Waals surface area contributed by atoms with Crippen LogP contribution in [0.1, 0.15) is 11.1 Å². The number of nitrogens with one attached hydrogen (secondary N) is 2. The van der Waals surface area contributed by atoms with Gasteiger partial charge in [0.25, 0.3) is 0 Å². The van der Waals surface area contributed by atoms with Gasteiger partial charge in [-0.15, -0.1) is 0 Å². The molecule has 0 spiro atoms. The van der Waals surface area contributed by atoms with E-state index in [0.29, 0.717) is 22.8 Å². The van der Waals surface area contributed by atoms with E-state index in [0.717, 1.165) is 22.2 Å². The van der Waals surface area contributed by atoms with Gasteiger partial charge in [-0.3, -0.25) is 10.1 Å². The van der Waals surface area contributed by atoms with Crippen molar-refractivity contribution < 1.29 is 5.11 Å². The van der Waals surface area contributed by atoms with Crippen molar-refractivity contribution in [3.8, 4) is 28.5 Å². The summed E-state index contributed by atoms with van der Waals surface area (Å²) < 4.78 is 1.61. The Morgan fingerprint density at radius 2 is 1.92 bits per heavy atom. The summed E-state index contributed by atoms with van der Waals surface area (Å²) >= 11 is 0. The second kappa shape index (κ2) is 5.73. The molecule has 0 saturated carbocycles. The quantitative estimate of drug-likeness (QED) is 0.337. The van der Waals surface area contributed by atoms with Gasteiger partial charge in [-0.25, -0.2) is 4.98 Å². The van der Waals surface area contributed by atoms with Crippen molar-refractivity contribution in [3.05, 3.63) is 53.6 Å². The third-order valence-corrected chi connectivity index (χ3v) is 4.36. The molecule has 0 atom stereocenters. The zero-order valence-corrected chi connectivity index (χ0v) is 14.4. The Hall–Kier alpha value is -3.61. The van der Waals surface area contributed by atoms with Gasteiger partial charge < -0.3 is 15.8 Å². The number of aryl methyl sites for hydroxylation is 2. The van der Waals surface area contributed by atoms with E-state index < -0.39 is 0 Å². The smallest absolute Gasteiger partial charge is 0.173 e. The van der Waals surface area contributed by atoms with Gasteiger partial charge >= 0.3 is 0 Å². The number of imidazole rings is 1. The molecule has 0 bridgehead atoms. The zero-order chi connectivity index (χ0) is 18.4. The molecule has 0 radical (unpaired) electrons. The Morgan fingerprint density at radius 3 is 2.62 bits per heavy atom. The molecule has 0 amide bonds. The fraction of sp³-hybridized carbons (Fsp3) is 0.105. The third-order valence-electron chi connectivity index (χ3n) is 4.36. The fourth-order valence-electron chi connectivity index (χ4n) is 2.97. The summed E-state index contributed by atoms with van der Waals surface area (Å²) in [4.78, 5) is 7.72. The van der Waals surface area contributed by atoms with Crippen LogP contribution in [0.25, 0.3) is 33.8 Å². The van der Waals surface area contributed by atoms with Crippen molar-refractivity contribution in [2.45, 2.75) is 6.92 Å². The van der Waals surface area contributed by atoms with Crippen LogP contribution in [0, 0.1) is 12.3 Å². The van der Waals surface area contributed by atoms with Crippen molar-refractivity contribution in [3.63, 3.8) is 0 Å². The Kier molecular flexibility index (Phi) is 3.50. The molecule has 0 aliphatic rings. The number of nitrogens with zero attached hydrogens (tertiary/aromatic N) is 3. The van der Waals surface area contributed by atoms with Gasteiger partial charge in [0.15, 0.2) is 11.6 Å². The number of nitrogen functional groups attached to an aromatic ring is 1. The number of fused-ring (bicyclic) bond motifs is 1. The van der Waals surface area contributed by atoms with E-state index in [2.05, 4.69) is 15.1 Å². The summed E-state index contributed by atoms with van der Waals surface area (Å²) in [5.41, 5.74) is 10.6. The third kappa shape index (κ3) is 2.50. The summed E-state index contributed by atoms with van der Waals surface area (Å²) in [6.07, 6.45) is 0. The minimum absolute atomic E-state index is 0.00640. The average molecular weight is 346 g/mol. The minimum Gasteiger partial charge on any atom is -0.504 e. The molecule has 0 aliphatic carbocycles. The molecular formula is C19H18N6O. The monoisotopic (exact) mass is 346 g/mol. The standard InChI is InChI=1S/C19H18N6O/c1-10-3-5-11(6-4-10)15-17(26)16(25(2)24-15)19-22-13-8-7-12(18(20)21)9-14(13)23-19/h3-9,26H,1-2H3,(H3,20,21)(H,22,23). The van der Waals surface area contributed by atoms with E-state index in [1.54, 1.807) is 29.9 Å². The van der Waals surface area contributed by atoms with Gasteiger partial charge in [0.05, 0.1) is 11.0 Å². The second-order valence-corrected chi connectivity index (χ2v) is 6.27. The maximum Gasteiger partial charge on any atom is 0.173 e. The molecule has 4 rings (SSSR count). The van der Waals surface area contributed by atoms with Crippen molar-refractivity contribution in [2.75, 3.05) is 0 Å². The molecule has 4 aromatic rings. The number of nitrogens with two attached hydrogens (primary N) is 1. The Bertz CT molecular complexity index is 1140. The molecule has 0 fully saturated rings. The van der Waals surface area contributed by atoms with Gasteiger partial charge in [0.2, 0.25) is 0 Å². The van der Waals surface area contributed by atoms with Crippen LogP contribution in [0.2, 0.25) is 0 Å². The highest BCUT2D eigenvalue weighted by atomic mass is 16.3. The highest BCUT2D eigenvalue weighted by Crippen LogP contribution is 2.37. The largest absolute Gasteiger partial charge is 0.504 e. The Balaban J connectivity index is 1.84. The van der Waals surface area contributed by atoms with Crippen LogP contribution in [0.3, 0.4) is 0 Å². The van der Waals surface area contributed by atoms with Crippen molar-refractivity contribution in [1.82, 2.24) is 19.7 Å². The van der Waals surface area contributed by atoms with Crippen LogP contribution in [0.5, 0.6) is 5.75 Å². The van der Waals surface area contributed by atoms with Crippen molar-refractivity contribution in [2.24, 2.45) is 12.8 Å². The molecule has 26 heavy (non-hydrogen) atoms. The van der Waals surface area contributed by atoms with Crippen molar-refractivity contribution >= 4 is 16.9 Å². The van der Waals surface area contributed by atoms with E-state index in [9.17, 15) is 5.11 Å². The maximum absolute atomic E-state index is 10.8. The second-order valence-electron chi connectivity index (χ2n) is 6.27. The van der Waals surface area contributed by atoms with Crippen LogP contribution >= 0.6 is 0 Å². The highest BCUT2D eigenvalue weighted by molar-refractivity contribution is 5.98. The first kappa shape index (κ1) is 15.9. The summed E-state index contributed by atoms with van der Waals surface area (Å²) in [7, 11) is 1.76. The number of aromatic amines is 1. The van der Waals surface area contributed by atoms with Crippen LogP contribution in [-0.2, 0) is 7.05 Å². The number of benzene rings is 2. The molecule has 130 valence electrons. The summed E-state index contributed by atoms with van der Waals surface area (Å²) in [6, 6.07) is 13.1. The SMILES string of the molecule is Cc1ccc(-c2nn(C)c(-c3nc4ccc(C(=N)N)cc4[nH]3)c2O)cc1. The normalized spacial score (nSPS) is 11.2. The minimum atomic E-state index is -0.00640. The average Bonchev–Trinajstić information content (AvgIpc) is 3.15. The fourth-order valence-corrected chi connectivity index (χ4v) is 2.97. The van der Waals surface area contributed by atoms with Crippen LogP contribution < -0.4 is 5.73 Å². The van der Waals surface area contributed by atoms with Crippen LogP contribution in [-0.4, -0.2) is 30.7 Å². The molecule has 5 N–H and O–H groups in total. The first-order valence-electron chi connectivity index (χ1n) is 8.11. The zero-order valence-electron chi connectivity index (χ0n) is 14.4. The lowest BCUT2D eigenvalue weighted by Gasteiger charge is -1.99. The van der Waals surface area contributed by atoms with Gasteiger partial charge in [-0.05, 0) is 25.1 Å². The number of rotatable bonds is 3. The van der Waals surface area contributed by atoms with Gasteiger partial charge in [-0.1, -0.05) is 29.8 Å². The number of hydrogen-bond donors (Lipinski definition) is 4. The van der Waals surface area contributed by atoms with Crippen LogP contribution in [0.15, 0.2) is 42.5 Å². The lowest BCUT2D eigenvalue weighted by atomic mass is 10.1. The first-order valence-corrected chi connectivity index (χ1v) is 8.11. The molecule has 2 heterocycles. The molecule has 7 heteroatoms. The predicted octanol–water partition coefficient (Wildman–Crippen LogP) is 2.93. The molecular weight excluding hydrogens is 328 g/mol. The van der Waals surface area contributed by atoms with Gasteiger partial charge in [-0.2, -0.15) is 5.10 Å². The topological polar surface area (TPSA) is 117 Å². The molecule has 2 aromatic heterocycles. The predicted molar refractivity (Wildman–Crippen MR) is 101 cm³/mol. The van der Waals surface area contributed by atoms with E-state index in [1.165, 1.54) is 0 Å². The van der Waals surface area contributed by atoms with Gasteiger partial charge in [0.1, 0.15) is 17.2 Å².